The van der Waals surface area contributed by atoms with Gasteiger partial charge >= 0.3 is 5.97 Å². The Balaban J connectivity index is 3.09. The molecular weight excluding hydrogens is 258 g/mol. The van der Waals surface area contributed by atoms with Crippen molar-refractivity contribution in [3.05, 3.63) is 28.8 Å². The zero-order valence-corrected chi connectivity index (χ0v) is 11.0. The summed E-state index contributed by atoms with van der Waals surface area (Å²) in [6.45, 7) is 3.15. The Kier molecular flexibility index (Phi) is 4.32. The van der Waals surface area contributed by atoms with E-state index in [4.69, 9.17) is 21.4 Å². The van der Waals surface area contributed by atoms with Gasteiger partial charge in [-0.3, -0.25) is 4.79 Å². The number of carbonyl (C=O) groups excluding carboxylic acids is 1. The monoisotopic (exact) mass is 271 g/mol. The van der Waals surface area contributed by atoms with E-state index in [-0.39, 0.29) is 16.3 Å². The van der Waals surface area contributed by atoms with E-state index in [1.54, 1.807) is 19.9 Å². The van der Waals surface area contributed by atoms with Gasteiger partial charge in [0.15, 0.2) is 0 Å². The fourth-order valence-electron chi connectivity index (χ4n) is 1.21. The van der Waals surface area contributed by atoms with Crippen LogP contribution in [0.1, 0.15) is 24.2 Å². The van der Waals surface area contributed by atoms with E-state index in [1.165, 1.54) is 19.2 Å². The van der Waals surface area contributed by atoms with Crippen molar-refractivity contribution in [2.75, 3.05) is 12.4 Å². The highest BCUT2D eigenvalue weighted by Crippen LogP contribution is 2.25. The van der Waals surface area contributed by atoms with Crippen LogP contribution in [-0.4, -0.2) is 29.7 Å². The molecule has 6 heteroatoms. The minimum Gasteiger partial charge on any atom is -0.478 e. The van der Waals surface area contributed by atoms with Gasteiger partial charge in [0.2, 0.25) is 0 Å². The summed E-state index contributed by atoms with van der Waals surface area (Å²) in [7, 11) is 1.40. The number of hydrogen-bond donors (Lipinski definition) is 2. The largest absolute Gasteiger partial charge is 0.478 e. The standard InChI is InChI=1S/C12H14ClNO4/c1-12(2,18-3)11(17)14-8-6-4-5-7(13)9(8)10(15)16/h4-6H,1-3H3,(H,14,17)(H,15,16). The van der Waals surface area contributed by atoms with Gasteiger partial charge in [-0.2, -0.15) is 0 Å². The molecule has 0 aliphatic rings. The Morgan fingerprint density at radius 2 is 2.00 bits per heavy atom. The molecule has 0 spiro atoms. The number of ether oxygens (including phenoxy) is 1. The number of aromatic carboxylic acids is 1. The molecule has 0 bridgehead atoms. The van der Waals surface area contributed by atoms with Crippen LogP contribution in [0.3, 0.4) is 0 Å². The van der Waals surface area contributed by atoms with Crippen LogP contribution in [-0.2, 0) is 9.53 Å². The minimum absolute atomic E-state index is 0.0653. The number of nitrogens with one attached hydrogen (secondary N) is 1. The summed E-state index contributed by atoms with van der Waals surface area (Å²) < 4.78 is 5.01. The molecule has 0 unspecified atom stereocenters. The third kappa shape index (κ3) is 3.00. The maximum atomic E-state index is 11.9. The molecular formula is C12H14ClNO4. The number of halogens is 1. The Bertz CT molecular complexity index is 485. The Morgan fingerprint density at radius 3 is 2.50 bits per heavy atom. The summed E-state index contributed by atoms with van der Waals surface area (Å²) >= 11 is 5.79. The van der Waals surface area contributed by atoms with Crippen LogP contribution in [0.5, 0.6) is 0 Å². The lowest BCUT2D eigenvalue weighted by atomic mass is 10.1. The number of methoxy groups -OCH3 is 1. The van der Waals surface area contributed by atoms with Gasteiger partial charge in [-0.1, -0.05) is 17.7 Å². The predicted molar refractivity (Wildman–Crippen MR) is 68.1 cm³/mol. The van der Waals surface area contributed by atoms with Crippen molar-refractivity contribution in [2.24, 2.45) is 0 Å². The van der Waals surface area contributed by atoms with Crippen molar-refractivity contribution in [3.63, 3.8) is 0 Å². The van der Waals surface area contributed by atoms with Crippen LogP contribution in [0.2, 0.25) is 5.02 Å². The van der Waals surface area contributed by atoms with E-state index in [0.29, 0.717) is 0 Å². The molecule has 1 amide bonds. The molecule has 0 heterocycles. The van der Waals surface area contributed by atoms with E-state index in [0.717, 1.165) is 0 Å². The summed E-state index contributed by atoms with van der Waals surface area (Å²) in [6.07, 6.45) is 0. The van der Waals surface area contributed by atoms with E-state index >= 15 is 0 Å². The Labute approximate surface area is 110 Å². The van der Waals surface area contributed by atoms with Crippen LogP contribution in [0.15, 0.2) is 18.2 Å². The van der Waals surface area contributed by atoms with E-state index in [2.05, 4.69) is 5.32 Å². The molecule has 5 nitrogen and oxygen atoms in total. The fourth-order valence-corrected chi connectivity index (χ4v) is 1.47. The topological polar surface area (TPSA) is 75.6 Å². The molecule has 98 valence electrons. The van der Waals surface area contributed by atoms with Crippen LogP contribution in [0.4, 0.5) is 5.69 Å². The SMILES string of the molecule is COC(C)(C)C(=O)Nc1cccc(Cl)c1C(=O)O. The number of rotatable bonds is 4. The average molecular weight is 272 g/mol. The van der Waals surface area contributed by atoms with Crippen molar-refractivity contribution in [3.8, 4) is 0 Å². The molecule has 1 aromatic carbocycles. The van der Waals surface area contributed by atoms with Crippen molar-refractivity contribution >= 4 is 29.2 Å². The molecule has 0 saturated heterocycles. The lowest BCUT2D eigenvalue weighted by Crippen LogP contribution is -2.39. The first kappa shape index (κ1) is 14.5. The molecule has 0 aromatic heterocycles. The van der Waals surface area contributed by atoms with Crippen molar-refractivity contribution in [1.29, 1.82) is 0 Å². The lowest BCUT2D eigenvalue weighted by Gasteiger charge is -2.22. The molecule has 0 aliphatic heterocycles. The van der Waals surface area contributed by atoms with Gasteiger partial charge in [-0.05, 0) is 26.0 Å². The van der Waals surface area contributed by atoms with E-state index < -0.39 is 17.5 Å². The predicted octanol–water partition coefficient (Wildman–Crippen LogP) is 2.40. The zero-order chi connectivity index (χ0) is 13.9. The Morgan fingerprint density at radius 1 is 1.39 bits per heavy atom. The molecule has 0 aliphatic carbocycles. The number of benzene rings is 1. The number of carboxylic acid groups (broad SMARTS) is 1. The van der Waals surface area contributed by atoms with E-state index in [1.807, 2.05) is 0 Å². The van der Waals surface area contributed by atoms with Gasteiger partial charge in [-0.25, -0.2) is 4.79 Å². The summed E-state index contributed by atoms with van der Waals surface area (Å²) in [5.74, 6) is -1.65. The third-order valence-corrected chi connectivity index (χ3v) is 2.85. The fraction of sp³-hybridized carbons (Fsp3) is 0.333. The van der Waals surface area contributed by atoms with E-state index in [9.17, 15) is 9.59 Å². The summed E-state index contributed by atoms with van der Waals surface area (Å²) in [6, 6.07) is 4.48. The van der Waals surface area contributed by atoms with Crippen molar-refractivity contribution in [1.82, 2.24) is 0 Å². The maximum absolute atomic E-state index is 11.9. The van der Waals surface area contributed by atoms with Crippen LogP contribution < -0.4 is 5.32 Å². The molecule has 18 heavy (non-hydrogen) atoms. The van der Waals surface area contributed by atoms with Gasteiger partial charge in [0.05, 0.1) is 10.7 Å². The second-order valence-electron chi connectivity index (χ2n) is 4.14. The van der Waals surface area contributed by atoms with Crippen LogP contribution in [0.25, 0.3) is 0 Å². The highest BCUT2D eigenvalue weighted by Gasteiger charge is 2.28. The molecule has 2 N–H and O–H groups in total. The summed E-state index contributed by atoms with van der Waals surface area (Å²) in [5, 5.41) is 11.6. The highest BCUT2D eigenvalue weighted by molar-refractivity contribution is 6.34. The summed E-state index contributed by atoms with van der Waals surface area (Å²) in [5.41, 5.74) is -1.05. The first-order chi connectivity index (χ1) is 8.29. The average Bonchev–Trinajstić information content (AvgIpc) is 2.28. The van der Waals surface area contributed by atoms with Crippen molar-refractivity contribution < 1.29 is 19.4 Å². The molecule has 0 radical (unpaired) electrons. The second kappa shape index (κ2) is 5.37. The smallest absolute Gasteiger partial charge is 0.339 e. The molecule has 0 atom stereocenters. The van der Waals surface area contributed by atoms with Gasteiger partial charge in [-0.15, -0.1) is 0 Å². The van der Waals surface area contributed by atoms with Gasteiger partial charge in [0.1, 0.15) is 11.2 Å². The first-order valence-electron chi connectivity index (χ1n) is 5.18. The lowest BCUT2D eigenvalue weighted by molar-refractivity contribution is -0.133. The molecule has 1 aromatic rings. The summed E-state index contributed by atoms with van der Waals surface area (Å²) in [4.78, 5) is 23.0. The molecule has 0 saturated carbocycles. The quantitative estimate of drug-likeness (QED) is 0.882. The van der Waals surface area contributed by atoms with Gasteiger partial charge in [0, 0.05) is 7.11 Å². The second-order valence-corrected chi connectivity index (χ2v) is 4.54. The van der Waals surface area contributed by atoms with Crippen LogP contribution >= 0.6 is 11.6 Å². The highest BCUT2D eigenvalue weighted by atomic mass is 35.5. The molecule has 1 rings (SSSR count). The normalized spacial score (nSPS) is 11.1. The van der Waals surface area contributed by atoms with Gasteiger partial charge in [0.25, 0.3) is 5.91 Å². The zero-order valence-electron chi connectivity index (χ0n) is 10.3. The van der Waals surface area contributed by atoms with Crippen molar-refractivity contribution in [2.45, 2.75) is 19.4 Å². The number of carboxylic acids is 1. The van der Waals surface area contributed by atoms with Gasteiger partial charge < -0.3 is 15.2 Å². The number of amides is 1. The Hall–Kier alpha value is -1.59. The minimum atomic E-state index is -1.20. The first-order valence-corrected chi connectivity index (χ1v) is 5.56. The number of anilines is 1. The molecule has 0 fully saturated rings. The number of carbonyl (C=O) groups is 2. The number of hydrogen-bond acceptors (Lipinski definition) is 3. The maximum Gasteiger partial charge on any atom is 0.339 e. The third-order valence-electron chi connectivity index (χ3n) is 2.53. The van der Waals surface area contributed by atoms with Crippen LogP contribution in [0, 0.1) is 0 Å².